The lowest BCUT2D eigenvalue weighted by molar-refractivity contribution is 0.0608. The molecule has 0 aromatic heterocycles. The molecule has 1 atom stereocenters. The van der Waals surface area contributed by atoms with Gasteiger partial charge in [-0.15, -0.1) is 0 Å². The van der Waals surface area contributed by atoms with Crippen molar-refractivity contribution in [3.63, 3.8) is 0 Å². The summed E-state index contributed by atoms with van der Waals surface area (Å²) in [6.07, 6.45) is -0.645. The number of hydrogen-bond acceptors (Lipinski definition) is 7. The zero-order valence-corrected chi connectivity index (χ0v) is 20.3. The van der Waals surface area contributed by atoms with Crippen LogP contribution in [-0.2, 0) is 26.1 Å². The molecule has 3 rings (SSSR count). The van der Waals surface area contributed by atoms with Gasteiger partial charge < -0.3 is 18.9 Å². The van der Waals surface area contributed by atoms with Crippen LogP contribution in [0.4, 0.5) is 10.5 Å². The average molecular weight is 478 g/mol. The van der Waals surface area contributed by atoms with Crippen molar-refractivity contribution >= 4 is 21.8 Å². The number of anilines is 1. The fourth-order valence-electron chi connectivity index (χ4n) is 2.97. The standard InChI is InChI=1S/C24H31NO7S/c1-5-13-33(27,28)25(23(26)32-24(2,3)4)21-14-19(29-16-20-17-30-20)11-12-22(21)31-15-18-9-7-6-8-10-18/h6-12,14,20H,5,13,15-17H2,1-4H3/t20-/m1/s1. The van der Waals surface area contributed by atoms with Crippen molar-refractivity contribution in [2.24, 2.45) is 0 Å². The summed E-state index contributed by atoms with van der Waals surface area (Å²) in [4.78, 5) is 13.1. The van der Waals surface area contributed by atoms with Crippen LogP contribution in [0.25, 0.3) is 0 Å². The predicted octanol–water partition coefficient (Wildman–Crippen LogP) is 4.52. The van der Waals surface area contributed by atoms with Crippen LogP contribution in [0.1, 0.15) is 39.7 Å². The van der Waals surface area contributed by atoms with Crippen molar-refractivity contribution in [3.8, 4) is 11.5 Å². The van der Waals surface area contributed by atoms with Crippen LogP contribution < -0.4 is 13.8 Å². The zero-order chi connectivity index (χ0) is 24.1. The van der Waals surface area contributed by atoms with Crippen LogP contribution in [0.15, 0.2) is 48.5 Å². The molecule has 0 bridgehead atoms. The first kappa shape index (κ1) is 24.9. The van der Waals surface area contributed by atoms with E-state index in [0.717, 1.165) is 5.56 Å². The second-order valence-corrected chi connectivity index (χ2v) is 10.7. The van der Waals surface area contributed by atoms with Crippen LogP contribution in [0.5, 0.6) is 11.5 Å². The molecule has 0 radical (unpaired) electrons. The van der Waals surface area contributed by atoms with Gasteiger partial charge in [0.05, 0.1) is 12.4 Å². The summed E-state index contributed by atoms with van der Waals surface area (Å²) in [6, 6.07) is 14.2. The SMILES string of the molecule is CCCS(=O)(=O)N(C(=O)OC(C)(C)C)c1cc(OC[C@@H]2CO2)ccc1OCc1ccccc1. The molecular weight excluding hydrogens is 446 g/mol. The van der Waals surface area contributed by atoms with Gasteiger partial charge in [-0.2, -0.15) is 4.31 Å². The number of nitrogens with zero attached hydrogens (tertiary/aromatic N) is 1. The molecule has 0 aliphatic carbocycles. The third-order valence-corrected chi connectivity index (χ3v) is 6.35. The van der Waals surface area contributed by atoms with Gasteiger partial charge in [-0.05, 0) is 44.9 Å². The normalized spacial score (nSPS) is 15.6. The second-order valence-electron chi connectivity index (χ2n) is 8.73. The van der Waals surface area contributed by atoms with Gasteiger partial charge in [0.1, 0.15) is 42.1 Å². The molecule has 1 fully saturated rings. The Labute approximate surface area is 195 Å². The number of ether oxygens (including phenoxy) is 4. The smallest absolute Gasteiger partial charge is 0.429 e. The highest BCUT2D eigenvalue weighted by Gasteiger charge is 2.35. The lowest BCUT2D eigenvalue weighted by Crippen LogP contribution is -2.42. The van der Waals surface area contributed by atoms with Gasteiger partial charge in [0.2, 0.25) is 10.0 Å². The summed E-state index contributed by atoms with van der Waals surface area (Å²) in [5.41, 5.74) is 0.0530. The Morgan fingerprint density at radius 3 is 2.42 bits per heavy atom. The minimum absolute atomic E-state index is 0.0215. The first-order valence-electron chi connectivity index (χ1n) is 10.9. The molecule has 0 spiro atoms. The Morgan fingerprint density at radius 1 is 1.12 bits per heavy atom. The summed E-state index contributed by atoms with van der Waals surface area (Å²) in [5.74, 6) is 0.387. The van der Waals surface area contributed by atoms with Gasteiger partial charge in [0, 0.05) is 6.07 Å². The molecule has 8 nitrogen and oxygen atoms in total. The van der Waals surface area contributed by atoms with Gasteiger partial charge in [-0.1, -0.05) is 37.3 Å². The summed E-state index contributed by atoms with van der Waals surface area (Å²) in [6.45, 7) is 7.91. The number of hydrogen-bond donors (Lipinski definition) is 0. The average Bonchev–Trinajstić information content (AvgIpc) is 3.55. The topological polar surface area (TPSA) is 94.7 Å². The van der Waals surface area contributed by atoms with E-state index in [-0.39, 0.29) is 29.9 Å². The number of epoxide rings is 1. The monoisotopic (exact) mass is 477 g/mol. The van der Waals surface area contributed by atoms with E-state index in [1.165, 1.54) is 6.07 Å². The molecule has 2 aromatic carbocycles. The number of carbonyl (C=O) groups excluding carboxylic acids is 1. The molecule has 9 heteroatoms. The quantitative estimate of drug-likeness (QED) is 0.464. The van der Waals surface area contributed by atoms with Crippen molar-refractivity contribution in [2.75, 3.05) is 23.3 Å². The first-order valence-corrected chi connectivity index (χ1v) is 12.5. The van der Waals surface area contributed by atoms with Crippen molar-refractivity contribution < 1.29 is 32.2 Å². The largest absolute Gasteiger partial charge is 0.491 e. The van der Waals surface area contributed by atoms with Crippen LogP contribution in [-0.4, -0.2) is 45.2 Å². The fraction of sp³-hybridized carbons (Fsp3) is 0.458. The van der Waals surface area contributed by atoms with E-state index in [4.69, 9.17) is 18.9 Å². The lowest BCUT2D eigenvalue weighted by Gasteiger charge is -2.28. The maximum absolute atomic E-state index is 13.2. The Bertz CT molecular complexity index is 1040. The number of benzene rings is 2. The van der Waals surface area contributed by atoms with E-state index >= 15 is 0 Å². The molecule has 1 aliphatic heterocycles. The first-order chi connectivity index (χ1) is 15.6. The molecule has 1 aliphatic rings. The second kappa shape index (κ2) is 10.4. The van der Waals surface area contributed by atoms with Gasteiger partial charge in [0.15, 0.2) is 0 Å². The maximum atomic E-state index is 13.2. The highest BCUT2D eigenvalue weighted by atomic mass is 32.2. The highest BCUT2D eigenvalue weighted by molar-refractivity contribution is 7.93. The summed E-state index contributed by atoms with van der Waals surface area (Å²) < 4.78 is 49.4. The van der Waals surface area contributed by atoms with E-state index in [1.54, 1.807) is 39.8 Å². The third kappa shape index (κ3) is 7.36. The number of sulfonamides is 1. The molecular formula is C24H31NO7S. The van der Waals surface area contributed by atoms with E-state index in [2.05, 4.69) is 0 Å². The van der Waals surface area contributed by atoms with Crippen LogP contribution in [0.3, 0.4) is 0 Å². The van der Waals surface area contributed by atoms with E-state index in [9.17, 15) is 13.2 Å². The predicted molar refractivity (Wildman–Crippen MR) is 125 cm³/mol. The van der Waals surface area contributed by atoms with Gasteiger partial charge >= 0.3 is 6.09 Å². The molecule has 2 aromatic rings. The Balaban J connectivity index is 2.00. The number of rotatable bonds is 10. The lowest BCUT2D eigenvalue weighted by atomic mass is 10.2. The van der Waals surface area contributed by atoms with E-state index in [0.29, 0.717) is 29.7 Å². The number of carbonyl (C=O) groups is 1. The van der Waals surface area contributed by atoms with Crippen molar-refractivity contribution in [2.45, 2.75) is 52.4 Å². The van der Waals surface area contributed by atoms with Crippen molar-refractivity contribution in [1.82, 2.24) is 0 Å². The summed E-state index contributed by atoms with van der Waals surface area (Å²) in [7, 11) is -4.04. The number of amides is 1. The Kier molecular flexibility index (Phi) is 7.86. The molecule has 33 heavy (non-hydrogen) atoms. The molecule has 0 N–H and O–H groups in total. The summed E-state index contributed by atoms with van der Waals surface area (Å²) in [5, 5.41) is 0. The van der Waals surface area contributed by atoms with Crippen LogP contribution in [0, 0.1) is 0 Å². The van der Waals surface area contributed by atoms with E-state index in [1.807, 2.05) is 30.3 Å². The molecule has 1 saturated heterocycles. The van der Waals surface area contributed by atoms with Gasteiger partial charge in [0.25, 0.3) is 0 Å². The maximum Gasteiger partial charge on any atom is 0.429 e. The molecule has 1 heterocycles. The summed E-state index contributed by atoms with van der Waals surface area (Å²) >= 11 is 0. The highest BCUT2D eigenvalue weighted by Crippen LogP contribution is 2.36. The minimum atomic E-state index is -4.04. The van der Waals surface area contributed by atoms with Gasteiger partial charge in [-0.25, -0.2) is 13.2 Å². The van der Waals surface area contributed by atoms with Crippen LogP contribution in [0.2, 0.25) is 0 Å². The minimum Gasteiger partial charge on any atom is -0.491 e. The van der Waals surface area contributed by atoms with Crippen LogP contribution >= 0.6 is 0 Å². The zero-order valence-electron chi connectivity index (χ0n) is 19.4. The molecule has 0 saturated carbocycles. The fourth-order valence-corrected chi connectivity index (χ4v) is 4.38. The molecule has 180 valence electrons. The Morgan fingerprint density at radius 2 is 1.82 bits per heavy atom. The molecule has 1 amide bonds. The van der Waals surface area contributed by atoms with Gasteiger partial charge in [-0.3, -0.25) is 0 Å². The molecule has 0 unspecified atom stereocenters. The third-order valence-electron chi connectivity index (χ3n) is 4.52. The van der Waals surface area contributed by atoms with Crippen molar-refractivity contribution in [3.05, 3.63) is 54.1 Å². The van der Waals surface area contributed by atoms with E-state index < -0.39 is 21.7 Å². The Hall–Kier alpha value is -2.78. The van der Waals surface area contributed by atoms with Crippen molar-refractivity contribution in [1.29, 1.82) is 0 Å².